The van der Waals surface area contributed by atoms with Crippen LogP contribution in [0.4, 0.5) is 4.39 Å². The number of carbonyl (C=O) groups excluding carboxylic acids is 1. The summed E-state index contributed by atoms with van der Waals surface area (Å²) in [6.45, 7) is 4.39. The van der Waals surface area contributed by atoms with Crippen LogP contribution in [0.5, 0.6) is 5.75 Å². The molecule has 8 atom stereocenters. The predicted molar refractivity (Wildman–Crippen MR) is 131 cm³/mol. The lowest BCUT2D eigenvalue weighted by Crippen LogP contribution is -2.58. The van der Waals surface area contributed by atoms with Crippen molar-refractivity contribution in [1.29, 1.82) is 0 Å². The van der Waals surface area contributed by atoms with Crippen LogP contribution < -0.4 is 4.74 Å². The summed E-state index contributed by atoms with van der Waals surface area (Å²) in [4.78, 5) is 13.7. The molecule has 0 amide bonds. The van der Waals surface area contributed by atoms with Crippen molar-refractivity contribution in [2.24, 2.45) is 35.0 Å². The summed E-state index contributed by atoms with van der Waals surface area (Å²) < 4.78 is 23.6. The van der Waals surface area contributed by atoms with E-state index in [1.54, 1.807) is 11.8 Å². The third-order valence-electron chi connectivity index (χ3n) is 10.7. The van der Waals surface area contributed by atoms with Crippen LogP contribution in [0, 0.1) is 35.0 Å². The van der Waals surface area contributed by atoms with Crippen LogP contribution in [-0.4, -0.2) is 44.3 Å². The van der Waals surface area contributed by atoms with Gasteiger partial charge in [-0.3, -0.25) is 4.79 Å². The van der Waals surface area contributed by atoms with E-state index in [4.69, 9.17) is 4.74 Å². The highest BCUT2D eigenvalue weighted by Gasteiger charge is 2.63. The van der Waals surface area contributed by atoms with Gasteiger partial charge >= 0.3 is 0 Å². The van der Waals surface area contributed by atoms with E-state index in [-0.39, 0.29) is 35.5 Å². The minimum Gasteiger partial charge on any atom is -0.497 e. The summed E-state index contributed by atoms with van der Waals surface area (Å²) in [6.07, 6.45) is 7.21. The molecule has 4 fully saturated rings. The predicted octanol–water partition coefficient (Wildman–Crippen LogP) is 5.12. The number of aliphatic hydroxyl groups is 1. The molecular weight excluding hydrogens is 445 g/mol. The first kappa shape index (κ1) is 23.4. The van der Waals surface area contributed by atoms with Gasteiger partial charge in [-0.15, -0.1) is 5.10 Å². The lowest BCUT2D eigenvalue weighted by Gasteiger charge is -2.59. The number of rotatable bonds is 4. The largest absolute Gasteiger partial charge is 0.497 e. The van der Waals surface area contributed by atoms with Gasteiger partial charge in [-0.05, 0) is 106 Å². The van der Waals surface area contributed by atoms with Gasteiger partial charge in [-0.1, -0.05) is 12.1 Å². The molecule has 4 saturated carbocycles. The van der Waals surface area contributed by atoms with E-state index in [0.29, 0.717) is 31.1 Å². The zero-order valence-electron chi connectivity index (χ0n) is 21.2. The SMILES string of the molecule is COc1ccc2nnn(CC(=O)[C@H]3CC[C@H]4[C@@H]5CC[C@@H]6C[C@](C)(O)CC[C@]6(F)[C@H]5CC[C@]34C)c2c1. The Morgan fingerprint density at radius 1 is 1.14 bits per heavy atom. The van der Waals surface area contributed by atoms with Gasteiger partial charge in [-0.25, -0.2) is 9.07 Å². The number of carbonyl (C=O) groups is 1. The number of hydrogen-bond acceptors (Lipinski definition) is 5. The summed E-state index contributed by atoms with van der Waals surface area (Å²) in [5.74, 6) is 1.74. The molecule has 6 rings (SSSR count). The first-order chi connectivity index (χ1) is 16.6. The maximum absolute atomic E-state index is 16.6. The lowest BCUT2D eigenvalue weighted by molar-refractivity contribution is -0.165. The second-order valence-corrected chi connectivity index (χ2v) is 12.5. The molecule has 1 N–H and O–H groups in total. The fourth-order valence-electron chi connectivity index (χ4n) is 8.95. The number of Topliss-reactive ketones (excluding diaryl/α,β-unsaturated/α-hetero) is 1. The van der Waals surface area contributed by atoms with Gasteiger partial charge < -0.3 is 9.84 Å². The summed E-state index contributed by atoms with van der Waals surface area (Å²) in [6, 6.07) is 5.60. The summed E-state index contributed by atoms with van der Waals surface area (Å²) in [5, 5.41) is 19.1. The molecule has 190 valence electrons. The third-order valence-corrected chi connectivity index (χ3v) is 10.7. The summed E-state index contributed by atoms with van der Waals surface area (Å²) >= 11 is 0. The lowest BCUT2D eigenvalue weighted by atomic mass is 9.48. The normalized spacial score (nSPS) is 42.8. The van der Waals surface area contributed by atoms with Crippen molar-refractivity contribution in [1.82, 2.24) is 15.0 Å². The highest BCUT2D eigenvalue weighted by molar-refractivity contribution is 5.84. The standard InChI is InChI=1S/C28H38FN3O3/c1-26(34)12-13-28(29)17(15-26)4-6-19-20-7-8-22(27(20,2)11-10-21(19)28)25(33)16-32-24-14-18(35-3)5-9-23(24)30-31-32/h5,9,14,17,19-22,34H,4,6-8,10-13,15-16H2,1-3H3/t17-,19+,20+,21+,22-,26-,27+,28-/m1/s1. The molecule has 4 aliphatic rings. The molecule has 1 aromatic carbocycles. The van der Waals surface area contributed by atoms with Crippen molar-refractivity contribution in [2.45, 2.75) is 89.4 Å². The molecule has 0 unspecified atom stereocenters. The molecule has 2 aromatic rings. The molecule has 4 aliphatic carbocycles. The van der Waals surface area contributed by atoms with Crippen molar-refractivity contribution in [3.63, 3.8) is 0 Å². The Kier molecular flexibility index (Phi) is 5.34. The van der Waals surface area contributed by atoms with Gasteiger partial charge in [0.05, 0.1) is 18.2 Å². The fourth-order valence-corrected chi connectivity index (χ4v) is 8.95. The third kappa shape index (κ3) is 3.55. The van der Waals surface area contributed by atoms with Crippen LogP contribution in [0.15, 0.2) is 18.2 Å². The zero-order valence-corrected chi connectivity index (χ0v) is 21.2. The minimum absolute atomic E-state index is 0.0151. The van der Waals surface area contributed by atoms with E-state index in [1.165, 1.54) is 0 Å². The first-order valence-corrected chi connectivity index (χ1v) is 13.5. The first-order valence-electron chi connectivity index (χ1n) is 13.5. The topological polar surface area (TPSA) is 77.2 Å². The monoisotopic (exact) mass is 483 g/mol. The van der Waals surface area contributed by atoms with Crippen molar-refractivity contribution >= 4 is 16.8 Å². The Morgan fingerprint density at radius 2 is 1.97 bits per heavy atom. The molecule has 1 heterocycles. The van der Waals surface area contributed by atoms with Gasteiger partial charge in [0.25, 0.3) is 0 Å². The van der Waals surface area contributed by atoms with Crippen LogP contribution in [-0.2, 0) is 11.3 Å². The molecule has 0 spiro atoms. The van der Waals surface area contributed by atoms with Crippen molar-refractivity contribution in [3.05, 3.63) is 18.2 Å². The van der Waals surface area contributed by atoms with E-state index in [2.05, 4.69) is 17.2 Å². The number of halogens is 1. The Morgan fingerprint density at radius 3 is 2.77 bits per heavy atom. The van der Waals surface area contributed by atoms with Gasteiger partial charge in [0.1, 0.15) is 23.5 Å². The summed E-state index contributed by atoms with van der Waals surface area (Å²) in [5.41, 5.74) is -0.377. The smallest absolute Gasteiger partial charge is 0.157 e. The van der Waals surface area contributed by atoms with Crippen LogP contribution in [0.2, 0.25) is 0 Å². The Bertz CT molecular complexity index is 1150. The number of fused-ring (bicyclic) bond motifs is 6. The summed E-state index contributed by atoms with van der Waals surface area (Å²) in [7, 11) is 1.63. The number of benzene rings is 1. The van der Waals surface area contributed by atoms with Crippen molar-refractivity contribution < 1.29 is 19.0 Å². The zero-order chi connectivity index (χ0) is 24.6. The Balaban J connectivity index is 1.22. The molecular formula is C28H38FN3O3. The van der Waals surface area contributed by atoms with E-state index >= 15 is 4.39 Å². The number of ether oxygens (including phenoxy) is 1. The highest BCUT2D eigenvalue weighted by atomic mass is 19.1. The highest BCUT2D eigenvalue weighted by Crippen LogP contribution is 2.66. The molecule has 0 aliphatic heterocycles. The average molecular weight is 484 g/mol. The van der Waals surface area contributed by atoms with E-state index in [1.807, 2.05) is 25.1 Å². The van der Waals surface area contributed by atoms with Crippen molar-refractivity contribution in [2.75, 3.05) is 7.11 Å². The van der Waals surface area contributed by atoms with Crippen molar-refractivity contribution in [3.8, 4) is 5.75 Å². The van der Waals surface area contributed by atoms with Gasteiger partial charge in [0, 0.05) is 12.0 Å². The molecule has 0 radical (unpaired) electrons. The fraction of sp³-hybridized carbons (Fsp3) is 0.750. The van der Waals surface area contributed by atoms with Crippen LogP contribution in [0.25, 0.3) is 11.0 Å². The van der Waals surface area contributed by atoms with Gasteiger partial charge in [0.2, 0.25) is 0 Å². The molecule has 6 nitrogen and oxygen atoms in total. The van der Waals surface area contributed by atoms with E-state index in [0.717, 1.165) is 55.3 Å². The number of aromatic nitrogens is 3. The maximum atomic E-state index is 16.6. The second-order valence-electron chi connectivity index (χ2n) is 12.5. The Labute approximate surface area is 206 Å². The number of methoxy groups -OCH3 is 1. The minimum atomic E-state index is -1.15. The molecule has 0 saturated heterocycles. The van der Waals surface area contributed by atoms with Crippen LogP contribution >= 0.6 is 0 Å². The number of nitrogens with zero attached hydrogens (tertiary/aromatic N) is 3. The number of alkyl halides is 1. The Hall–Kier alpha value is -2.02. The molecule has 0 bridgehead atoms. The van der Waals surface area contributed by atoms with Gasteiger partial charge in [0.15, 0.2) is 5.78 Å². The van der Waals surface area contributed by atoms with Crippen LogP contribution in [0.1, 0.15) is 71.6 Å². The number of ketones is 1. The maximum Gasteiger partial charge on any atom is 0.157 e. The van der Waals surface area contributed by atoms with Crippen LogP contribution in [0.3, 0.4) is 0 Å². The number of hydrogen-bond donors (Lipinski definition) is 1. The quantitative estimate of drug-likeness (QED) is 0.653. The second kappa shape index (κ2) is 7.99. The average Bonchev–Trinajstić information content (AvgIpc) is 3.39. The molecule has 35 heavy (non-hydrogen) atoms. The van der Waals surface area contributed by atoms with E-state index < -0.39 is 11.3 Å². The molecule has 1 aromatic heterocycles. The molecule has 7 heteroatoms. The van der Waals surface area contributed by atoms with Gasteiger partial charge in [-0.2, -0.15) is 0 Å². The van der Waals surface area contributed by atoms with E-state index in [9.17, 15) is 9.90 Å².